The third-order valence-electron chi connectivity index (χ3n) is 8.01. The van der Waals surface area contributed by atoms with Gasteiger partial charge in [0.05, 0.1) is 0 Å². The molecule has 9 nitrogen and oxygen atoms in total. The molecule has 240 valence electrons. The molecular weight excluding hydrogens is 611 g/mol. The Kier molecular flexibility index (Phi) is 9.38. The van der Waals surface area contributed by atoms with Crippen molar-refractivity contribution in [1.82, 2.24) is 19.7 Å². The van der Waals surface area contributed by atoms with Gasteiger partial charge in [0.2, 0.25) is 0 Å². The maximum atomic E-state index is 13.7. The first-order valence-electron chi connectivity index (χ1n) is 15.6. The fraction of sp³-hybridized carbons (Fsp3) is 0.297. The number of ether oxygens (including phenoxy) is 1. The minimum absolute atomic E-state index is 0.205. The van der Waals surface area contributed by atoms with Crippen molar-refractivity contribution >= 4 is 34.4 Å². The van der Waals surface area contributed by atoms with Gasteiger partial charge in [-0.3, -0.25) is 19.8 Å². The van der Waals surface area contributed by atoms with Crippen molar-refractivity contribution in [3.05, 3.63) is 118 Å². The van der Waals surface area contributed by atoms with E-state index in [0.29, 0.717) is 30.3 Å². The van der Waals surface area contributed by atoms with Gasteiger partial charge in [-0.2, -0.15) is 0 Å². The fourth-order valence-electron chi connectivity index (χ4n) is 5.69. The Labute approximate surface area is 279 Å². The summed E-state index contributed by atoms with van der Waals surface area (Å²) in [6.45, 7) is 9.63. The number of rotatable bonds is 6. The summed E-state index contributed by atoms with van der Waals surface area (Å²) < 4.78 is 5.50. The van der Waals surface area contributed by atoms with Crippen molar-refractivity contribution < 1.29 is 19.1 Å². The van der Waals surface area contributed by atoms with Gasteiger partial charge in [-0.15, -0.1) is 11.3 Å². The molecule has 1 fully saturated rings. The van der Waals surface area contributed by atoms with Gasteiger partial charge in [0.25, 0.3) is 11.8 Å². The van der Waals surface area contributed by atoms with Crippen molar-refractivity contribution in [3.63, 3.8) is 0 Å². The van der Waals surface area contributed by atoms with E-state index in [1.807, 2.05) is 81.4 Å². The van der Waals surface area contributed by atoms with Crippen molar-refractivity contribution in [1.29, 1.82) is 0 Å². The Morgan fingerprint density at radius 3 is 2.34 bits per heavy atom. The zero-order valence-corrected chi connectivity index (χ0v) is 27.5. The molecule has 4 aromatic rings. The lowest BCUT2D eigenvalue weighted by atomic mass is 10.0. The van der Waals surface area contributed by atoms with Gasteiger partial charge in [-0.25, -0.2) is 9.78 Å². The van der Waals surface area contributed by atoms with Crippen LogP contribution in [-0.2, 0) is 22.6 Å². The predicted molar refractivity (Wildman–Crippen MR) is 182 cm³/mol. The standard InChI is InChI=1S/C37H37N5O4S/c1-37(2,3)46-36(45)41-20-18-40(19-21-41)24-28-13-10-26(11-14-28)9-12-27-15-16-30-25-42(34(44)31(30)23-27)32(29-7-5-4-6-8-29)33(43)39-35-38-17-22-47-35/h4-8,10-11,13-17,22-23,32H,18-21,24-25H2,1-3H3,(H,38,39,43). The molecule has 1 unspecified atom stereocenters. The number of piperazine rings is 1. The van der Waals surface area contributed by atoms with Crippen LogP contribution in [0.15, 0.2) is 84.4 Å². The van der Waals surface area contributed by atoms with Gasteiger partial charge >= 0.3 is 6.09 Å². The number of nitrogens with one attached hydrogen (secondary N) is 1. The van der Waals surface area contributed by atoms with E-state index in [-0.39, 0.29) is 17.9 Å². The average molecular weight is 648 g/mol. The molecular formula is C37H37N5O4S. The predicted octanol–water partition coefficient (Wildman–Crippen LogP) is 5.93. The van der Waals surface area contributed by atoms with E-state index < -0.39 is 11.6 Å². The van der Waals surface area contributed by atoms with E-state index >= 15 is 0 Å². The molecule has 1 atom stereocenters. The molecule has 2 aliphatic rings. The van der Waals surface area contributed by atoms with Crippen LogP contribution in [0.4, 0.5) is 9.93 Å². The van der Waals surface area contributed by atoms with Crippen LogP contribution in [-0.4, -0.2) is 69.4 Å². The molecule has 0 spiro atoms. The largest absolute Gasteiger partial charge is 0.444 e. The highest BCUT2D eigenvalue weighted by Gasteiger charge is 2.37. The Bertz CT molecular complexity index is 1800. The first-order valence-corrected chi connectivity index (χ1v) is 16.5. The summed E-state index contributed by atoms with van der Waals surface area (Å²) in [5, 5.41) is 5.15. The number of amides is 3. The van der Waals surface area contributed by atoms with Crippen LogP contribution in [0, 0.1) is 11.8 Å². The van der Waals surface area contributed by atoms with Crippen LogP contribution in [0.2, 0.25) is 0 Å². The molecule has 3 amide bonds. The third kappa shape index (κ3) is 7.88. The molecule has 6 rings (SSSR count). The normalized spacial score (nSPS) is 15.4. The number of carbonyl (C=O) groups excluding carboxylic acids is 3. The lowest BCUT2D eigenvalue weighted by molar-refractivity contribution is -0.120. The summed E-state index contributed by atoms with van der Waals surface area (Å²) in [7, 11) is 0. The topological polar surface area (TPSA) is 95.1 Å². The van der Waals surface area contributed by atoms with E-state index in [2.05, 4.69) is 39.2 Å². The smallest absolute Gasteiger partial charge is 0.410 e. The highest BCUT2D eigenvalue weighted by molar-refractivity contribution is 7.13. The molecule has 0 bridgehead atoms. The summed E-state index contributed by atoms with van der Waals surface area (Å²) >= 11 is 1.33. The van der Waals surface area contributed by atoms with E-state index in [9.17, 15) is 14.4 Å². The minimum atomic E-state index is -0.804. The number of thiazole rings is 1. The number of hydrogen-bond acceptors (Lipinski definition) is 7. The molecule has 1 saturated heterocycles. The average Bonchev–Trinajstić information content (AvgIpc) is 3.68. The van der Waals surface area contributed by atoms with Crippen LogP contribution in [0.25, 0.3) is 0 Å². The number of nitrogens with zero attached hydrogens (tertiary/aromatic N) is 4. The molecule has 1 N–H and O–H groups in total. The molecule has 10 heteroatoms. The molecule has 3 aromatic carbocycles. The molecule has 0 aliphatic carbocycles. The quantitative estimate of drug-likeness (QED) is 0.261. The summed E-state index contributed by atoms with van der Waals surface area (Å²) in [5.74, 6) is 5.91. The number of benzene rings is 3. The van der Waals surface area contributed by atoms with Crippen molar-refractivity contribution in [2.24, 2.45) is 0 Å². The Morgan fingerprint density at radius 2 is 1.66 bits per heavy atom. The first-order chi connectivity index (χ1) is 22.6. The Hall–Kier alpha value is -4.98. The number of hydrogen-bond donors (Lipinski definition) is 1. The van der Waals surface area contributed by atoms with Gasteiger partial charge in [0.15, 0.2) is 5.13 Å². The van der Waals surface area contributed by atoms with Gasteiger partial charge in [-0.1, -0.05) is 60.4 Å². The van der Waals surface area contributed by atoms with Crippen LogP contribution in [0.5, 0.6) is 0 Å². The minimum Gasteiger partial charge on any atom is -0.444 e. The second-order valence-electron chi connectivity index (χ2n) is 12.6. The maximum absolute atomic E-state index is 13.7. The van der Waals surface area contributed by atoms with E-state index in [0.717, 1.165) is 41.9 Å². The van der Waals surface area contributed by atoms with E-state index in [1.54, 1.807) is 21.4 Å². The second kappa shape index (κ2) is 13.8. The highest BCUT2D eigenvalue weighted by Crippen LogP contribution is 2.33. The summed E-state index contributed by atoms with van der Waals surface area (Å²) in [4.78, 5) is 49.4. The number of anilines is 1. The lowest BCUT2D eigenvalue weighted by Gasteiger charge is -2.35. The maximum Gasteiger partial charge on any atom is 0.410 e. The molecule has 3 heterocycles. The Balaban J connectivity index is 1.09. The second-order valence-corrected chi connectivity index (χ2v) is 13.5. The number of aromatic nitrogens is 1. The van der Waals surface area contributed by atoms with Gasteiger partial charge in [0.1, 0.15) is 11.6 Å². The van der Waals surface area contributed by atoms with E-state index in [4.69, 9.17) is 4.74 Å². The number of fused-ring (bicyclic) bond motifs is 1. The summed E-state index contributed by atoms with van der Waals surface area (Å²) in [6.07, 6.45) is 1.38. The third-order valence-corrected chi connectivity index (χ3v) is 8.70. The van der Waals surface area contributed by atoms with Gasteiger partial charge in [0, 0.05) is 67.5 Å². The zero-order chi connectivity index (χ0) is 33.0. The van der Waals surface area contributed by atoms with Crippen molar-refractivity contribution in [3.8, 4) is 11.8 Å². The molecule has 0 saturated carbocycles. The van der Waals surface area contributed by atoms with E-state index in [1.165, 1.54) is 16.9 Å². The van der Waals surface area contributed by atoms with Crippen LogP contribution < -0.4 is 5.32 Å². The molecule has 0 radical (unpaired) electrons. The SMILES string of the molecule is CC(C)(C)OC(=O)N1CCN(Cc2ccc(C#Cc3ccc4c(c3)C(=O)N(C(C(=O)Nc3nccs3)c3ccccc3)C4)cc2)CC1. The van der Waals surface area contributed by atoms with Crippen LogP contribution >= 0.6 is 11.3 Å². The summed E-state index contributed by atoms with van der Waals surface area (Å²) in [6, 6.07) is 22.3. The van der Waals surface area contributed by atoms with Gasteiger partial charge < -0.3 is 14.5 Å². The fourth-order valence-corrected chi connectivity index (χ4v) is 6.22. The molecule has 1 aromatic heterocycles. The Morgan fingerprint density at radius 1 is 0.957 bits per heavy atom. The molecule has 47 heavy (non-hydrogen) atoms. The van der Waals surface area contributed by atoms with Crippen molar-refractivity contribution in [2.45, 2.75) is 45.5 Å². The highest BCUT2D eigenvalue weighted by atomic mass is 32.1. The summed E-state index contributed by atoms with van der Waals surface area (Å²) in [5.41, 5.74) is 4.44. The number of carbonyl (C=O) groups is 3. The first kappa shape index (κ1) is 32.0. The lowest BCUT2D eigenvalue weighted by Crippen LogP contribution is -2.49. The van der Waals surface area contributed by atoms with Crippen LogP contribution in [0.3, 0.4) is 0 Å². The van der Waals surface area contributed by atoms with Gasteiger partial charge in [-0.05, 0) is 61.7 Å². The van der Waals surface area contributed by atoms with Crippen LogP contribution in [0.1, 0.15) is 65.0 Å². The molecule has 2 aliphatic heterocycles. The monoisotopic (exact) mass is 647 g/mol. The van der Waals surface area contributed by atoms with Crippen molar-refractivity contribution in [2.75, 3.05) is 31.5 Å². The zero-order valence-electron chi connectivity index (χ0n) is 26.7.